The van der Waals surface area contributed by atoms with Crippen molar-refractivity contribution in [2.75, 3.05) is 17.9 Å². The number of benzene rings is 2. The number of hydrogen-bond acceptors (Lipinski definition) is 6. The zero-order valence-corrected chi connectivity index (χ0v) is 15.6. The fourth-order valence-electron chi connectivity index (χ4n) is 2.68. The van der Waals surface area contributed by atoms with Crippen LogP contribution in [0.3, 0.4) is 0 Å². The normalized spacial score (nSPS) is 13.4. The summed E-state index contributed by atoms with van der Waals surface area (Å²) in [5.74, 6) is 0.982. The van der Waals surface area contributed by atoms with Crippen LogP contribution in [0.4, 0.5) is 5.69 Å². The smallest absolute Gasteiger partial charge is 0.262 e. The van der Waals surface area contributed by atoms with E-state index in [0.717, 1.165) is 16.3 Å². The van der Waals surface area contributed by atoms with Crippen LogP contribution in [-0.2, 0) is 10.0 Å². The van der Waals surface area contributed by atoms with E-state index in [0.29, 0.717) is 30.4 Å². The van der Waals surface area contributed by atoms with Gasteiger partial charge < -0.3 is 9.47 Å². The van der Waals surface area contributed by atoms with Crippen molar-refractivity contribution < 1.29 is 17.9 Å². The van der Waals surface area contributed by atoms with E-state index >= 15 is 0 Å². The monoisotopic (exact) mass is 388 g/mol. The number of rotatable bonds is 4. The van der Waals surface area contributed by atoms with Gasteiger partial charge in [-0.2, -0.15) is 0 Å². The number of aromatic nitrogens is 1. The Morgan fingerprint density at radius 3 is 2.62 bits per heavy atom. The maximum atomic E-state index is 12.9. The number of hydrogen-bond donors (Lipinski definition) is 1. The van der Waals surface area contributed by atoms with Crippen LogP contribution in [0.5, 0.6) is 11.5 Å². The molecule has 0 radical (unpaired) electrons. The second-order valence-corrected chi connectivity index (χ2v) is 8.45. The van der Waals surface area contributed by atoms with E-state index in [-0.39, 0.29) is 4.90 Å². The predicted octanol–water partition coefficient (Wildman–Crippen LogP) is 3.69. The third-order valence-corrected chi connectivity index (χ3v) is 6.03. The highest BCUT2D eigenvalue weighted by Gasteiger charge is 2.21. The fourth-order valence-corrected chi connectivity index (χ4v) is 4.38. The van der Waals surface area contributed by atoms with Crippen molar-refractivity contribution in [3.63, 3.8) is 0 Å². The summed E-state index contributed by atoms with van der Waals surface area (Å²) in [7, 11) is -3.78. The molecule has 2 heterocycles. The largest absolute Gasteiger partial charge is 0.486 e. The van der Waals surface area contributed by atoms with Crippen LogP contribution in [-0.4, -0.2) is 26.6 Å². The van der Waals surface area contributed by atoms with Gasteiger partial charge in [0.1, 0.15) is 13.2 Å². The molecule has 134 valence electrons. The Labute approximate surface area is 155 Å². The van der Waals surface area contributed by atoms with E-state index in [1.807, 2.05) is 24.4 Å². The number of para-hydroxylation sites is 1. The summed E-state index contributed by atoms with van der Waals surface area (Å²) >= 11 is 1.52. The molecule has 1 N–H and O–H groups in total. The van der Waals surface area contributed by atoms with Crippen molar-refractivity contribution in [2.45, 2.75) is 11.8 Å². The van der Waals surface area contributed by atoms with Gasteiger partial charge in [-0.05, 0) is 25.1 Å². The Morgan fingerprint density at radius 2 is 1.85 bits per heavy atom. The summed E-state index contributed by atoms with van der Waals surface area (Å²) in [6.45, 7) is 2.77. The molecule has 0 amide bonds. The van der Waals surface area contributed by atoms with E-state index in [2.05, 4.69) is 9.71 Å². The summed E-state index contributed by atoms with van der Waals surface area (Å²) in [4.78, 5) is 4.57. The van der Waals surface area contributed by atoms with E-state index in [1.165, 1.54) is 23.5 Å². The molecular formula is C18H16N2O4S2. The van der Waals surface area contributed by atoms with Crippen LogP contribution < -0.4 is 14.2 Å². The van der Waals surface area contributed by atoms with Gasteiger partial charge in [0, 0.05) is 17.0 Å². The average molecular weight is 388 g/mol. The zero-order valence-electron chi connectivity index (χ0n) is 13.9. The van der Waals surface area contributed by atoms with Gasteiger partial charge in [-0.15, -0.1) is 11.3 Å². The molecule has 8 heteroatoms. The summed E-state index contributed by atoms with van der Waals surface area (Å²) < 4.78 is 39.3. The molecule has 0 saturated carbocycles. The van der Waals surface area contributed by atoms with Gasteiger partial charge in [0.05, 0.1) is 21.3 Å². The van der Waals surface area contributed by atoms with Crippen LogP contribution in [0.25, 0.3) is 11.3 Å². The fraction of sp³-hybridized carbons (Fsp3) is 0.167. The first-order valence-corrected chi connectivity index (χ1v) is 10.3. The van der Waals surface area contributed by atoms with Crippen molar-refractivity contribution >= 4 is 27.0 Å². The second kappa shape index (κ2) is 6.62. The zero-order chi connectivity index (χ0) is 18.1. The Hall–Kier alpha value is -2.58. The molecule has 4 rings (SSSR count). The van der Waals surface area contributed by atoms with E-state index in [9.17, 15) is 8.42 Å². The van der Waals surface area contributed by atoms with E-state index in [4.69, 9.17) is 9.47 Å². The number of nitrogens with one attached hydrogen (secondary N) is 1. The van der Waals surface area contributed by atoms with Crippen LogP contribution in [0.2, 0.25) is 0 Å². The highest BCUT2D eigenvalue weighted by atomic mass is 32.2. The van der Waals surface area contributed by atoms with Gasteiger partial charge in [-0.3, -0.25) is 4.72 Å². The highest BCUT2D eigenvalue weighted by Crippen LogP contribution is 2.34. The van der Waals surface area contributed by atoms with E-state index in [1.54, 1.807) is 18.2 Å². The van der Waals surface area contributed by atoms with Crippen molar-refractivity contribution in [1.82, 2.24) is 4.98 Å². The third-order valence-electron chi connectivity index (χ3n) is 3.89. The van der Waals surface area contributed by atoms with Gasteiger partial charge in [0.2, 0.25) is 0 Å². The first-order chi connectivity index (χ1) is 12.5. The second-order valence-electron chi connectivity index (χ2n) is 5.71. The molecule has 0 bridgehead atoms. The highest BCUT2D eigenvalue weighted by molar-refractivity contribution is 7.92. The van der Waals surface area contributed by atoms with Crippen LogP contribution in [0, 0.1) is 6.92 Å². The Kier molecular flexibility index (Phi) is 4.29. The minimum Gasteiger partial charge on any atom is -0.486 e. The summed E-state index contributed by atoms with van der Waals surface area (Å²) in [5, 5.41) is 2.83. The molecule has 0 unspecified atom stereocenters. The minimum absolute atomic E-state index is 0.117. The van der Waals surface area contributed by atoms with Gasteiger partial charge >= 0.3 is 0 Å². The van der Waals surface area contributed by atoms with Crippen LogP contribution >= 0.6 is 11.3 Å². The average Bonchev–Trinajstić information content (AvgIpc) is 3.07. The van der Waals surface area contributed by atoms with Crippen LogP contribution in [0.15, 0.2) is 52.7 Å². The molecule has 1 aliphatic rings. The molecular weight excluding hydrogens is 372 g/mol. The minimum atomic E-state index is -3.78. The lowest BCUT2D eigenvalue weighted by molar-refractivity contribution is 0.171. The maximum Gasteiger partial charge on any atom is 0.262 e. The quantitative estimate of drug-likeness (QED) is 0.738. The third kappa shape index (κ3) is 3.25. The molecule has 0 saturated heterocycles. The molecule has 6 nitrogen and oxygen atoms in total. The Balaban J connectivity index is 1.69. The number of sulfonamides is 1. The van der Waals surface area contributed by atoms with Crippen molar-refractivity contribution in [3.8, 4) is 22.8 Å². The number of thiazole rings is 1. The van der Waals surface area contributed by atoms with Gasteiger partial charge in [-0.1, -0.05) is 18.2 Å². The van der Waals surface area contributed by atoms with Gasteiger partial charge in [-0.25, -0.2) is 13.4 Å². The maximum absolute atomic E-state index is 12.9. The molecule has 3 aromatic rings. The van der Waals surface area contributed by atoms with Gasteiger partial charge in [0.25, 0.3) is 10.0 Å². The Bertz CT molecular complexity index is 1060. The summed E-state index contributed by atoms with van der Waals surface area (Å²) in [6.07, 6.45) is 0. The molecule has 0 aliphatic carbocycles. The molecule has 1 aromatic heterocycles. The topological polar surface area (TPSA) is 77.5 Å². The van der Waals surface area contributed by atoms with Gasteiger partial charge in [0.15, 0.2) is 11.5 Å². The number of nitrogens with zero attached hydrogens (tertiary/aromatic N) is 1. The lowest BCUT2D eigenvalue weighted by atomic mass is 10.1. The van der Waals surface area contributed by atoms with Crippen molar-refractivity contribution in [1.29, 1.82) is 0 Å². The van der Waals surface area contributed by atoms with Crippen molar-refractivity contribution in [2.24, 2.45) is 0 Å². The molecule has 2 aromatic carbocycles. The summed E-state index contributed by atoms with van der Waals surface area (Å²) in [5.41, 5.74) is 1.96. The standard InChI is InChI=1S/C18H16N2O4S2/c1-12-19-16(11-25-12)14-4-2-3-5-15(14)20-26(21,22)13-6-7-17-18(10-13)24-9-8-23-17/h2-7,10-11,20H,8-9H2,1H3. The predicted molar refractivity (Wildman–Crippen MR) is 101 cm³/mol. The SMILES string of the molecule is Cc1nc(-c2ccccc2NS(=O)(=O)c2ccc3c(c2)OCCO3)cs1. The summed E-state index contributed by atoms with van der Waals surface area (Å²) in [6, 6.07) is 11.8. The number of fused-ring (bicyclic) bond motifs is 1. The Morgan fingerprint density at radius 1 is 1.08 bits per heavy atom. The molecule has 1 aliphatic heterocycles. The lowest BCUT2D eigenvalue weighted by Gasteiger charge is -2.19. The lowest BCUT2D eigenvalue weighted by Crippen LogP contribution is -2.17. The van der Waals surface area contributed by atoms with E-state index < -0.39 is 10.0 Å². The molecule has 26 heavy (non-hydrogen) atoms. The number of ether oxygens (including phenoxy) is 2. The molecule has 0 atom stereocenters. The first kappa shape index (κ1) is 16.9. The molecule has 0 fully saturated rings. The van der Waals surface area contributed by atoms with Crippen LogP contribution in [0.1, 0.15) is 5.01 Å². The number of aryl methyl sites for hydroxylation is 1. The number of anilines is 1. The van der Waals surface area contributed by atoms with Crippen molar-refractivity contribution in [3.05, 3.63) is 52.9 Å². The first-order valence-electron chi connectivity index (χ1n) is 7.97. The molecule has 0 spiro atoms.